The number of rotatable bonds is 5. The van der Waals surface area contributed by atoms with Crippen LogP contribution in [0, 0.1) is 0 Å². The molecule has 6 N–H and O–H groups in total. The van der Waals surface area contributed by atoms with Crippen molar-refractivity contribution in [3.63, 3.8) is 0 Å². The summed E-state index contributed by atoms with van der Waals surface area (Å²) in [5.41, 5.74) is 12.2. The number of hydrogen-bond donors (Lipinski definition) is 4. The third-order valence-electron chi connectivity index (χ3n) is 2.10. The molecule has 1 rings (SSSR count). The molecule has 6 heteroatoms. The number of amides is 2. The van der Waals surface area contributed by atoms with Crippen LogP contribution in [-0.4, -0.2) is 24.9 Å². The maximum Gasteiger partial charge on any atom is 0.251 e. The second kappa shape index (κ2) is 5.74. The SMILES string of the molecule is CCNC(=O)c1ccc(NCC(N)=O)c(N)c1. The van der Waals surface area contributed by atoms with Crippen LogP contribution in [0.4, 0.5) is 11.4 Å². The molecule has 92 valence electrons. The average molecular weight is 236 g/mol. The van der Waals surface area contributed by atoms with Gasteiger partial charge in [0, 0.05) is 12.1 Å². The summed E-state index contributed by atoms with van der Waals surface area (Å²) in [7, 11) is 0. The number of nitrogens with one attached hydrogen (secondary N) is 2. The molecule has 0 aliphatic carbocycles. The van der Waals surface area contributed by atoms with Gasteiger partial charge in [0.15, 0.2) is 0 Å². The van der Waals surface area contributed by atoms with E-state index in [2.05, 4.69) is 10.6 Å². The van der Waals surface area contributed by atoms with Gasteiger partial charge in [-0.05, 0) is 25.1 Å². The molecule has 17 heavy (non-hydrogen) atoms. The zero-order chi connectivity index (χ0) is 12.8. The van der Waals surface area contributed by atoms with Crippen LogP contribution in [0.1, 0.15) is 17.3 Å². The third kappa shape index (κ3) is 3.67. The van der Waals surface area contributed by atoms with Crippen molar-refractivity contribution in [2.45, 2.75) is 6.92 Å². The van der Waals surface area contributed by atoms with Crippen molar-refractivity contribution in [3.8, 4) is 0 Å². The van der Waals surface area contributed by atoms with Crippen LogP contribution in [-0.2, 0) is 4.79 Å². The molecule has 0 aliphatic heterocycles. The molecule has 2 amide bonds. The first-order chi connectivity index (χ1) is 8.04. The van der Waals surface area contributed by atoms with E-state index >= 15 is 0 Å². The van der Waals surface area contributed by atoms with Crippen molar-refractivity contribution in [3.05, 3.63) is 23.8 Å². The molecule has 0 unspecified atom stereocenters. The molecule has 0 heterocycles. The Kier molecular flexibility index (Phi) is 4.33. The Balaban J connectivity index is 2.78. The highest BCUT2D eigenvalue weighted by Gasteiger charge is 2.07. The predicted molar refractivity (Wildman–Crippen MR) is 66.5 cm³/mol. The van der Waals surface area contributed by atoms with E-state index in [1.165, 1.54) is 0 Å². The highest BCUT2D eigenvalue weighted by Crippen LogP contribution is 2.19. The van der Waals surface area contributed by atoms with Crippen molar-refractivity contribution < 1.29 is 9.59 Å². The fourth-order valence-electron chi connectivity index (χ4n) is 1.31. The largest absolute Gasteiger partial charge is 0.397 e. The summed E-state index contributed by atoms with van der Waals surface area (Å²) in [5.74, 6) is -0.655. The van der Waals surface area contributed by atoms with Crippen LogP contribution in [0.25, 0.3) is 0 Å². The number of nitrogens with two attached hydrogens (primary N) is 2. The quantitative estimate of drug-likeness (QED) is 0.536. The molecule has 0 spiro atoms. The van der Waals surface area contributed by atoms with Gasteiger partial charge in [-0.15, -0.1) is 0 Å². The first-order valence-electron chi connectivity index (χ1n) is 5.24. The minimum atomic E-state index is -0.475. The molecule has 0 saturated carbocycles. The van der Waals surface area contributed by atoms with E-state index in [0.717, 1.165) is 0 Å². The lowest BCUT2D eigenvalue weighted by atomic mass is 10.1. The van der Waals surface area contributed by atoms with Gasteiger partial charge < -0.3 is 22.1 Å². The summed E-state index contributed by atoms with van der Waals surface area (Å²) in [6.45, 7) is 2.40. The number of hydrogen-bond acceptors (Lipinski definition) is 4. The maximum absolute atomic E-state index is 11.5. The number of carbonyl (C=O) groups excluding carboxylic acids is 2. The molecule has 0 radical (unpaired) electrons. The zero-order valence-electron chi connectivity index (χ0n) is 9.62. The Morgan fingerprint density at radius 3 is 2.59 bits per heavy atom. The normalized spacial score (nSPS) is 9.71. The summed E-state index contributed by atoms with van der Waals surface area (Å²) in [4.78, 5) is 22.1. The van der Waals surface area contributed by atoms with Crippen LogP contribution in [0.5, 0.6) is 0 Å². The molecule has 0 aromatic heterocycles. The average Bonchev–Trinajstić information content (AvgIpc) is 2.27. The van der Waals surface area contributed by atoms with Crippen LogP contribution < -0.4 is 22.1 Å². The Labute approximate surface area is 99.4 Å². The number of nitrogen functional groups attached to an aromatic ring is 1. The van der Waals surface area contributed by atoms with E-state index < -0.39 is 5.91 Å². The minimum absolute atomic E-state index is 0.00467. The lowest BCUT2D eigenvalue weighted by Gasteiger charge is -2.09. The van der Waals surface area contributed by atoms with Crippen molar-refractivity contribution in [2.75, 3.05) is 24.1 Å². The van der Waals surface area contributed by atoms with Crippen molar-refractivity contribution in [1.82, 2.24) is 5.32 Å². The van der Waals surface area contributed by atoms with Crippen molar-refractivity contribution >= 4 is 23.2 Å². The third-order valence-corrected chi connectivity index (χ3v) is 2.10. The molecule has 1 aromatic rings. The van der Waals surface area contributed by atoms with Gasteiger partial charge in [-0.1, -0.05) is 0 Å². The number of benzene rings is 1. The molecular weight excluding hydrogens is 220 g/mol. The van der Waals surface area contributed by atoms with E-state index in [-0.39, 0.29) is 12.5 Å². The molecule has 0 saturated heterocycles. The van der Waals surface area contributed by atoms with Crippen LogP contribution in [0.3, 0.4) is 0 Å². The summed E-state index contributed by atoms with van der Waals surface area (Å²) in [5, 5.41) is 5.45. The van der Waals surface area contributed by atoms with Gasteiger partial charge in [0.2, 0.25) is 5.91 Å². The summed E-state index contributed by atoms with van der Waals surface area (Å²) < 4.78 is 0. The highest BCUT2D eigenvalue weighted by atomic mass is 16.2. The lowest BCUT2D eigenvalue weighted by molar-refractivity contribution is -0.116. The van der Waals surface area contributed by atoms with Crippen LogP contribution >= 0.6 is 0 Å². The number of primary amides is 1. The monoisotopic (exact) mass is 236 g/mol. The second-order valence-corrected chi connectivity index (χ2v) is 3.48. The van der Waals surface area contributed by atoms with Crippen molar-refractivity contribution in [2.24, 2.45) is 5.73 Å². The topological polar surface area (TPSA) is 110 Å². The fourth-order valence-corrected chi connectivity index (χ4v) is 1.31. The van der Waals surface area contributed by atoms with Gasteiger partial charge >= 0.3 is 0 Å². The Morgan fingerprint density at radius 1 is 1.35 bits per heavy atom. The molecule has 0 aliphatic rings. The highest BCUT2D eigenvalue weighted by molar-refractivity contribution is 5.96. The van der Waals surface area contributed by atoms with Gasteiger partial charge in [-0.25, -0.2) is 0 Å². The molecule has 0 bridgehead atoms. The van der Waals surface area contributed by atoms with E-state index in [4.69, 9.17) is 11.5 Å². The Bertz CT molecular complexity index is 431. The standard InChI is InChI=1S/C11H16N4O2/c1-2-14-11(17)7-3-4-9(8(12)5-7)15-6-10(13)16/h3-5,15H,2,6,12H2,1H3,(H2,13,16)(H,14,17). The Morgan fingerprint density at radius 2 is 2.06 bits per heavy atom. The van der Waals surface area contributed by atoms with E-state index in [1.807, 2.05) is 6.92 Å². The molecule has 0 atom stereocenters. The Hall–Kier alpha value is -2.24. The second-order valence-electron chi connectivity index (χ2n) is 3.48. The van der Waals surface area contributed by atoms with Gasteiger partial charge in [0.1, 0.15) is 0 Å². The number of anilines is 2. The molecule has 0 fully saturated rings. The van der Waals surface area contributed by atoms with Crippen molar-refractivity contribution in [1.29, 1.82) is 0 Å². The van der Waals surface area contributed by atoms with Gasteiger partial charge in [-0.2, -0.15) is 0 Å². The van der Waals surface area contributed by atoms with Gasteiger partial charge in [0.25, 0.3) is 5.91 Å². The molecular formula is C11H16N4O2. The summed E-state index contributed by atoms with van der Waals surface area (Å²) >= 11 is 0. The first-order valence-corrected chi connectivity index (χ1v) is 5.24. The van der Waals surface area contributed by atoms with Gasteiger partial charge in [-0.3, -0.25) is 9.59 Å². The van der Waals surface area contributed by atoms with Crippen LogP contribution in [0.15, 0.2) is 18.2 Å². The molecule has 6 nitrogen and oxygen atoms in total. The van der Waals surface area contributed by atoms with Crippen LogP contribution in [0.2, 0.25) is 0 Å². The molecule has 1 aromatic carbocycles. The lowest BCUT2D eigenvalue weighted by Crippen LogP contribution is -2.24. The summed E-state index contributed by atoms with van der Waals surface area (Å²) in [6.07, 6.45) is 0. The van der Waals surface area contributed by atoms with Gasteiger partial charge in [0.05, 0.1) is 17.9 Å². The van der Waals surface area contributed by atoms with E-state index in [9.17, 15) is 9.59 Å². The summed E-state index contributed by atoms with van der Waals surface area (Å²) in [6, 6.07) is 4.82. The van der Waals surface area contributed by atoms with E-state index in [0.29, 0.717) is 23.5 Å². The maximum atomic E-state index is 11.5. The predicted octanol–water partition coefficient (Wildman–Crippen LogP) is -0.0843. The first kappa shape index (κ1) is 12.8. The minimum Gasteiger partial charge on any atom is -0.397 e. The zero-order valence-corrected chi connectivity index (χ0v) is 9.62. The fraction of sp³-hybridized carbons (Fsp3) is 0.273. The van der Waals surface area contributed by atoms with E-state index in [1.54, 1.807) is 18.2 Å². The smallest absolute Gasteiger partial charge is 0.251 e. The number of carbonyl (C=O) groups is 2.